The van der Waals surface area contributed by atoms with E-state index in [1.54, 1.807) is 0 Å². The Morgan fingerprint density at radius 2 is 1.52 bits per heavy atom. The lowest BCUT2D eigenvalue weighted by Crippen LogP contribution is -2.53. The van der Waals surface area contributed by atoms with E-state index in [0.29, 0.717) is 28.8 Å². The third-order valence-corrected chi connectivity index (χ3v) is 9.73. The van der Waals surface area contributed by atoms with Crippen molar-refractivity contribution < 1.29 is 0 Å². The molecule has 0 bridgehead atoms. The fraction of sp³-hybridized carbons (Fsp3) is 1.00. The highest BCUT2D eigenvalue weighted by atomic mass is 35.5. The summed E-state index contributed by atoms with van der Waals surface area (Å²) < 4.78 is 0. The van der Waals surface area contributed by atoms with Crippen LogP contribution in [0.4, 0.5) is 0 Å². The fourth-order valence-corrected chi connectivity index (χ4v) is 7.53. The van der Waals surface area contributed by atoms with Crippen LogP contribution in [0, 0.1) is 35.0 Å². The molecule has 3 nitrogen and oxygen atoms in total. The molecule has 0 aromatic rings. The van der Waals surface area contributed by atoms with E-state index in [4.69, 9.17) is 11.6 Å². The number of hydrogen-bond donors (Lipinski definition) is 2. The van der Waals surface area contributed by atoms with Gasteiger partial charge in [-0.1, -0.05) is 48.0 Å². The lowest BCUT2D eigenvalue weighted by Gasteiger charge is -2.49. The average molecular weight is 482 g/mol. The predicted molar refractivity (Wildman–Crippen MR) is 145 cm³/mol. The van der Waals surface area contributed by atoms with Gasteiger partial charge in [0.2, 0.25) is 0 Å². The minimum Gasteiger partial charge on any atom is -0.314 e. The maximum Gasteiger partial charge on any atom is 0.0336 e. The van der Waals surface area contributed by atoms with Crippen LogP contribution >= 0.6 is 11.6 Å². The summed E-state index contributed by atoms with van der Waals surface area (Å²) in [7, 11) is 0. The Morgan fingerprint density at radius 1 is 0.879 bits per heavy atom. The van der Waals surface area contributed by atoms with Crippen LogP contribution in [-0.4, -0.2) is 55.1 Å². The van der Waals surface area contributed by atoms with E-state index in [9.17, 15) is 0 Å². The summed E-state index contributed by atoms with van der Waals surface area (Å²) in [6.45, 7) is 20.6. The summed E-state index contributed by atoms with van der Waals surface area (Å²) in [5, 5.41) is 8.17. The van der Waals surface area contributed by atoms with Gasteiger partial charge in [0.1, 0.15) is 0 Å². The van der Waals surface area contributed by atoms with Crippen molar-refractivity contribution in [3.63, 3.8) is 0 Å². The van der Waals surface area contributed by atoms with Crippen LogP contribution in [0.1, 0.15) is 99.3 Å². The molecular formula is C29H56ClN3. The number of nitrogens with zero attached hydrogens (tertiary/aromatic N) is 1. The van der Waals surface area contributed by atoms with E-state index in [2.05, 4.69) is 57.1 Å². The minimum atomic E-state index is 0.420. The molecule has 4 heteroatoms. The first-order valence-electron chi connectivity index (χ1n) is 14.5. The van der Waals surface area contributed by atoms with Crippen molar-refractivity contribution in [1.29, 1.82) is 0 Å². The number of likely N-dealkylation sites (tertiary alicyclic amines) is 1. The molecule has 3 unspecified atom stereocenters. The Labute approximate surface area is 211 Å². The van der Waals surface area contributed by atoms with E-state index in [0.717, 1.165) is 23.7 Å². The van der Waals surface area contributed by atoms with E-state index in [1.807, 2.05) is 0 Å². The molecule has 0 spiro atoms. The minimum absolute atomic E-state index is 0.420. The number of halogens is 1. The maximum atomic E-state index is 6.41. The average Bonchev–Trinajstić information content (AvgIpc) is 2.75. The molecule has 3 aliphatic rings. The van der Waals surface area contributed by atoms with Gasteiger partial charge in [0.05, 0.1) is 0 Å². The summed E-state index contributed by atoms with van der Waals surface area (Å²) in [5.41, 5.74) is 0.420. The molecule has 2 N–H and O–H groups in total. The van der Waals surface area contributed by atoms with Crippen molar-refractivity contribution in [3.8, 4) is 0 Å². The molecule has 0 aromatic carbocycles. The molecule has 3 rings (SSSR count). The van der Waals surface area contributed by atoms with Crippen LogP contribution < -0.4 is 10.6 Å². The van der Waals surface area contributed by atoms with Crippen molar-refractivity contribution in [2.75, 3.05) is 32.7 Å². The molecule has 2 aliphatic carbocycles. The molecule has 4 atom stereocenters. The van der Waals surface area contributed by atoms with Crippen molar-refractivity contribution in [2.45, 2.75) is 117 Å². The largest absolute Gasteiger partial charge is 0.314 e. The van der Waals surface area contributed by atoms with E-state index in [-0.39, 0.29) is 0 Å². The van der Waals surface area contributed by atoms with E-state index in [1.165, 1.54) is 90.5 Å². The Bertz CT molecular complexity index is 555. The van der Waals surface area contributed by atoms with Crippen LogP contribution in [0.3, 0.4) is 0 Å². The van der Waals surface area contributed by atoms with Gasteiger partial charge in [0, 0.05) is 30.6 Å². The molecule has 0 aromatic heterocycles. The van der Waals surface area contributed by atoms with E-state index < -0.39 is 0 Å². The summed E-state index contributed by atoms with van der Waals surface area (Å²) in [4.78, 5) is 2.79. The fourth-order valence-electron chi connectivity index (χ4n) is 7.28. The Morgan fingerprint density at radius 3 is 2.09 bits per heavy atom. The van der Waals surface area contributed by atoms with Gasteiger partial charge in [0.15, 0.2) is 0 Å². The molecule has 1 heterocycles. The summed E-state index contributed by atoms with van der Waals surface area (Å²) in [6, 6.07) is 1.22. The van der Waals surface area contributed by atoms with Gasteiger partial charge in [-0.2, -0.15) is 0 Å². The van der Waals surface area contributed by atoms with Crippen molar-refractivity contribution in [1.82, 2.24) is 15.5 Å². The topological polar surface area (TPSA) is 27.3 Å². The zero-order chi connectivity index (χ0) is 24.0. The first-order chi connectivity index (χ1) is 15.6. The SMILES string of the molecule is CC(C)NCC1CCCC(CN[C@@H](CN2CCC(C3CCC(Cl)CC3)C(C)(C)C2)C(C)C)C1. The van der Waals surface area contributed by atoms with Gasteiger partial charge in [-0.15, -0.1) is 11.6 Å². The third-order valence-electron chi connectivity index (χ3n) is 9.30. The zero-order valence-electron chi connectivity index (χ0n) is 22.8. The maximum absolute atomic E-state index is 6.41. The molecule has 0 radical (unpaired) electrons. The molecular weight excluding hydrogens is 426 g/mol. The quantitative estimate of drug-likeness (QED) is 0.346. The number of nitrogens with one attached hydrogen (secondary N) is 2. The molecule has 1 saturated heterocycles. The number of alkyl halides is 1. The van der Waals surface area contributed by atoms with Gasteiger partial charge in [-0.05, 0) is 106 Å². The molecule has 1 aliphatic heterocycles. The van der Waals surface area contributed by atoms with Crippen LogP contribution in [0.25, 0.3) is 0 Å². The molecule has 0 amide bonds. The summed E-state index contributed by atoms with van der Waals surface area (Å²) >= 11 is 6.41. The standard InChI is InChI=1S/C29H56ClN3/c1-21(2)28(32-18-24-9-7-8-23(16-24)17-31-22(3)4)19-33-15-14-27(29(5,6)20-33)25-10-12-26(30)13-11-25/h21-28,31-32H,7-20H2,1-6H3/t23?,24?,25?,26?,27?,28-/m0/s1. The Kier molecular flexibility index (Phi) is 10.9. The van der Waals surface area contributed by atoms with Gasteiger partial charge in [-0.25, -0.2) is 0 Å². The lowest BCUT2D eigenvalue weighted by molar-refractivity contribution is 0.00453. The van der Waals surface area contributed by atoms with Gasteiger partial charge in [-0.3, -0.25) is 0 Å². The number of hydrogen-bond acceptors (Lipinski definition) is 3. The molecule has 3 fully saturated rings. The normalized spacial score (nSPS) is 34.6. The second-order valence-corrected chi connectivity index (χ2v) is 14.0. The molecule has 2 saturated carbocycles. The summed E-state index contributed by atoms with van der Waals surface area (Å²) in [6.07, 6.45) is 12.2. The summed E-state index contributed by atoms with van der Waals surface area (Å²) in [5.74, 6) is 4.20. The van der Waals surface area contributed by atoms with E-state index >= 15 is 0 Å². The molecule has 33 heavy (non-hydrogen) atoms. The van der Waals surface area contributed by atoms with Crippen LogP contribution in [0.5, 0.6) is 0 Å². The van der Waals surface area contributed by atoms with Gasteiger partial charge < -0.3 is 15.5 Å². The molecule has 194 valence electrons. The Balaban J connectivity index is 1.46. The van der Waals surface area contributed by atoms with Crippen LogP contribution in [0.15, 0.2) is 0 Å². The second-order valence-electron chi connectivity index (χ2n) is 13.4. The highest BCUT2D eigenvalue weighted by Gasteiger charge is 2.41. The highest BCUT2D eigenvalue weighted by Crippen LogP contribution is 2.45. The predicted octanol–water partition coefficient (Wildman–Crippen LogP) is 6.55. The zero-order valence-corrected chi connectivity index (χ0v) is 23.6. The lowest BCUT2D eigenvalue weighted by atomic mass is 9.64. The van der Waals surface area contributed by atoms with Gasteiger partial charge >= 0.3 is 0 Å². The smallest absolute Gasteiger partial charge is 0.0336 e. The first-order valence-corrected chi connectivity index (χ1v) is 14.9. The second kappa shape index (κ2) is 12.9. The Hall–Kier alpha value is 0.170. The highest BCUT2D eigenvalue weighted by molar-refractivity contribution is 6.20. The van der Waals surface area contributed by atoms with Crippen molar-refractivity contribution >= 4 is 11.6 Å². The van der Waals surface area contributed by atoms with Crippen LogP contribution in [0.2, 0.25) is 0 Å². The number of rotatable bonds is 10. The number of piperidine rings is 1. The third kappa shape index (κ3) is 8.65. The van der Waals surface area contributed by atoms with Crippen molar-refractivity contribution in [2.24, 2.45) is 35.0 Å². The first kappa shape index (κ1) is 27.8. The van der Waals surface area contributed by atoms with Crippen LogP contribution in [-0.2, 0) is 0 Å². The van der Waals surface area contributed by atoms with Gasteiger partial charge in [0.25, 0.3) is 0 Å². The van der Waals surface area contributed by atoms with Crippen molar-refractivity contribution in [3.05, 3.63) is 0 Å². The monoisotopic (exact) mass is 481 g/mol.